The van der Waals surface area contributed by atoms with Crippen LogP contribution in [0.4, 0.5) is 5.69 Å². The number of halogens is 1. The molecule has 0 aliphatic carbocycles. The molecule has 0 spiro atoms. The van der Waals surface area contributed by atoms with Gasteiger partial charge in [0.2, 0.25) is 0 Å². The zero-order valence-electron chi connectivity index (χ0n) is 16.5. The van der Waals surface area contributed by atoms with Gasteiger partial charge in [-0.05, 0) is 50.5 Å². The van der Waals surface area contributed by atoms with Crippen molar-refractivity contribution in [1.82, 2.24) is 15.1 Å². The van der Waals surface area contributed by atoms with Gasteiger partial charge in [0.25, 0.3) is 15.9 Å². The molecule has 2 N–H and O–H groups in total. The second-order valence-electron chi connectivity index (χ2n) is 7.25. The van der Waals surface area contributed by atoms with Crippen LogP contribution >= 0.6 is 11.6 Å². The summed E-state index contributed by atoms with van der Waals surface area (Å²) in [6, 6.07) is 6.29. The van der Waals surface area contributed by atoms with Crippen LogP contribution in [0.1, 0.15) is 34.5 Å². The second-order valence-corrected chi connectivity index (χ2v) is 9.34. The summed E-state index contributed by atoms with van der Waals surface area (Å²) in [5, 5.41) is 7.25. The van der Waals surface area contributed by atoms with Gasteiger partial charge in [0, 0.05) is 24.2 Å². The molecule has 1 aliphatic heterocycles. The van der Waals surface area contributed by atoms with Gasteiger partial charge in [-0.25, -0.2) is 8.42 Å². The number of aromatic nitrogens is 2. The monoisotopic (exact) mass is 448 g/mol. The fraction of sp³-hybridized carbons (Fsp3) is 0.300. The fourth-order valence-electron chi connectivity index (χ4n) is 3.52. The maximum Gasteiger partial charge on any atom is 0.265 e. The van der Waals surface area contributed by atoms with Gasteiger partial charge in [0.1, 0.15) is 16.3 Å². The van der Waals surface area contributed by atoms with Crippen molar-refractivity contribution in [2.24, 2.45) is 0 Å². The lowest BCUT2D eigenvalue weighted by atomic mass is 10.2. The number of H-pyrrole nitrogens is 1. The number of benzene rings is 1. The van der Waals surface area contributed by atoms with Crippen molar-refractivity contribution in [3.05, 3.63) is 52.4 Å². The molecule has 0 bridgehead atoms. The molecular weight excluding hydrogens is 428 g/mol. The van der Waals surface area contributed by atoms with Gasteiger partial charge in [-0.2, -0.15) is 5.10 Å². The molecule has 10 heteroatoms. The first-order valence-electron chi connectivity index (χ1n) is 9.48. The molecule has 1 aliphatic rings. The lowest BCUT2D eigenvalue weighted by Gasteiger charge is -2.14. The zero-order chi connectivity index (χ0) is 21.5. The summed E-state index contributed by atoms with van der Waals surface area (Å²) in [6.07, 6.45) is 3.38. The van der Waals surface area contributed by atoms with E-state index in [2.05, 4.69) is 14.9 Å². The molecule has 4 rings (SSSR count). The van der Waals surface area contributed by atoms with Gasteiger partial charge in [-0.3, -0.25) is 14.6 Å². The Morgan fingerprint density at radius 1 is 1.23 bits per heavy atom. The molecule has 8 nitrogen and oxygen atoms in total. The van der Waals surface area contributed by atoms with E-state index in [1.807, 2.05) is 0 Å². The Balaban J connectivity index is 1.65. The summed E-state index contributed by atoms with van der Waals surface area (Å²) in [6.45, 7) is 4.72. The Morgan fingerprint density at radius 3 is 2.67 bits per heavy atom. The first-order valence-corrected chi connectivity index (χ1v) is 11.3. The Bertz CT molecular complexity index is 1210. The fourth-order valence-corrected chi connectivity index (χ4v) is 5.06. The molecule has 0 saturated carbocycles. The summed E-state index contributed by atoms with van der Waals surface area (Å²) in [5.74, 6) is 0.295. The van der Waals surface area contributed by atoms with Gasteiger partial charge in [0.15, 0.2) is 5.76 Å². The minimum atomic E-state index is -3.91. The largest absolute Gasteiger partial charge is 0.458 e. The van der Waals surface area contributed by atoms with Gasteiger partial charge in [-0.1, -0.05) is 11.6 Å². The summed E-state index contributed by atoms with van der Waals surface area (Å²) >= 11 is 5.95. The van der Waals surface area contributed by atoms with Crippen molar-refractivity contribution in [3.8, 4) is 11.5 Å². The number of rotatable bonds is 5. The third-order valence-corrected chi connectivity index (χ3v) is 6.81. The van der Waals surface area contributed by atoms with Gasteiger partial charge in [0.05, 0.1) is 17.4 Å². The van der Waals surface area contributed by atoms with Crippen molar-refractivity contribution >= 4 is 33.2 Å². The molecule has 158 valence electrons. The average Bonchev–Trinajstić information content (AvgIpc) is 3.43. The normalized spacial score (nSPS) is 14.3. The number of carbonyl (C=O) groups is 1. The van der Waals surface area contributed by atoms with Crippen molar-refractivity contribution in [1.29, 1.82) is 0 Å². The number of sulfonamides is 1. The maximum atomic E-state index is 13.0. The number of likely N-dealkylation sites (tertiary alicyclic amines) is 1. The SMILES string of the molecule is Cc1cc(Cl)ccc1NS(=O)(=O)c1cc(-c2[nH]ncc2C(=O)N2CCCC2)oc1C. The predicted molar refractivity (Wildman–Crippen MR) is 113 cm³/mol. The number of hydrogen-bond acceptors (Lipinski definition) is 5. The van der Waals surface area contributed by atoms with E-state index >= 15 is 0 Å². The van der Waals surface area contributed by atoms with Crippen molar-refractivity contribution in [2.45, 2.75) is 31.6 Å². The molecule has 3 heterocycles. The number of nitrogens with one attached hydrogen (secondary N) is 2. The Hall–Kier alpha value is -2.78. The summed E-state index contributed by atoms with van der Waals surface area (Å²) < 4.78 is 34.2. The van der Waals surface area contributed by atoms with Gasteiger partial charge < -0.3 is 9.32 Å². The number of furan rings is 1. The van der Waals surface area contributed by atoms with Crippen LogP contribution in [0.5, 0.6) is 0 Å². The highest BCUT2D eigenvalue weighted by molar-refractivity contribution is 7.92. The topological polar surface area (TPSA) is 108 Å². The third-order valence-electron chi connectivity index (χ3n) is 5.10. The van der Waals surface area contributed by atoms with E-state index in [1.165, 1.54) is 12.3 Å². The van der Waals surface area contributed by atoms with Crippen LogP contribution in [-0.2, 0) is 10.0 Å². The standard InChI is InChI=1S/C20H21ClN4O4S/c1-12-9-14(21)5-6-16(12)24-30(27,28)18-10-17(29-13(18)2)19-15(11-22-23-19)20(26)25-7-3-4-8-25/h5-6,9-11,24H,3-4,7-8H2,1-2H3,(H,22,23). The molecule has 1 saturated heterocycles. The second kappa shape index (κ2) is 7.81. The van der Waals surface area contributed by atoms with Crippen LogP contribution in [0.15, 0.2) is 39.8 Å². The minimum absolute atomic E-state index is 0.0129. The smallest absolute Gasteiger partial charge is 0.265 e. The molecule has 0 atom stereocenters. The van der Waals surface area contributed by atoms with E-state index in [-0.39, 0.29) is 22.3 Å². The first-order chi connectivity index (χ1) is 14.3. The Kier molecular flexibility index (Phi) is 5.33. The maximum absolute atomic E-state index is 13.0. The predicted octanol–water partition coefficient (Wildman–Crippen LogP) is 3.98. The van der Waals surface area contributed by atoms with E-state index in [1.54, 1.807) is 36.9 Å². The van der Waals surface area contributed by atoms with Gasteiger partial charge >= 0.3 is 0 Å². The quantitative estimate of drug-likeness (QED) is 0.613. The summed E-state index contributed by atoms with van der Waals surface area (Å²) in [5.41, 5.74) is 1.84. The highest BCUT2D eigenvalue weighted by atomic mass is 35.5. The number of carbonyl (C=O) groups excluding carboxylic acids is 1. The molecule has 30 heavy (non-hydrogen) atoms. The Labute approximate surface area is 179 Å². The lowest BCUT2D eigenvalue weighted by Crippen LogP contribution is -2.27. The van der Waals surface area contributed by atoms with Crippen molar-refractivity contribution < 1.29 is 17.6 Å². The van der Waals surface area contributed by atoms with Gasteiger partial charge in [-0.15, -0.1) is 0 Å². The number of hydrogen-bond donors (Lipinski definition) is 2. The number of nitrogens with zero attached hydrogens (tertiary/aromatic N) is 2. The van der Waals surface area contributed by atoms with E-state index < -0.39 is 10.0 Å². The minimum Gasteiger partial charge on any atom is -0.458 e. The zero-order valence-corrected chi connectivity index (χ0v) is 18.1. The molecule has 2 aromatic heterocycles. The van der Waals surface area contributed by atoms with Crippen LogP contribution < -0.4 is 4.72 Å². The van der Waals surface area contributed by atoms with Crippen LogP contribution in [-0.4, -0.2) is 42.5 Å². The highest BCUT2D eigenvalue weighted by Crippen LogP contribution is 2.31. The van der Waals surface area contributed by atoms with Crippen LogP contribution in [0.25, 0.3) is 11.5 Å². The van der Waals surface area contributed by atoms with Crippen molar-refractivity contribution in [3.63, 3.8) is 0 Å². The van der Waals surface area contributed by atoms with Crippen molar-refractivity contribution in [2.75, 3.05) is 17.8 Å². The van der Waals surface area contributed by atoms with Crippen LogP contribution in [0, 0.1) is 13.8 Å². The summed E-state index contributed by atoms with van der Waals surface area (Å²) in [4.78, 5) is 14.5. The molecular formula is C20H21ClN4O4S. The highest BCUT2D eigenvalue weighted by Gasteiger charge is 2.28. The molecule has 1 amide bonds. The molecule has 1 fully saturated rings. The number of anilines is 1. The van der Waals surface area contributed by atoms with E-state index in [0.29, 0.717) is 40.6 Å². The number of aryl methyl sites for hydroxylation is 2. The molecule has 1 aromatic carbocycles. The number of aromatic amines is 1. The molecule has 0 unspecified atom stereocenters. The summed E-state index contributed by atoms with van der Waals surface area (Å²) in [7, 11) is -3.91. The average molecular weight is 449 g/mol. The lowest BCUT2D eigenvalue weighted by molar-refractivity contribution is 0.0793. The molecule has 3 aromatic rings. The third kappa shape index (κ3) is 3.82. The van der Waals surface area contributed by atoms with Crippen LogP contribution in [0.2, 0.25) is 5.02 Å². The van der Waals surface area contributed by atoms with E-state index in [4.69, 9.17) is 16.0 Å². The first kappa shape index (κ1) is 20.5. The van der Waals surface area contributed by atoms with E-state index in [9.17, 15) is 13.2 Å². The van der Waals surface area contributed by atoms with E-state index in [0.717, 1.165) is 12.8 Å². The van der Waals surface area contributed by atoms with Crippen LogP contribution in [0.3, 0.4) is 0 Å². The Morgan fingerprint density at radius 2 is 1.97 bits per heavy atom. The number of amides is 1. The molecule has 0 radical (unpaired) electrons.